The van der Waals surface area contributed by atoms with Crippen molar-refractivity contribution in [2.24, 2.45) is 0 Å². The van der Waals surface area contributed by atoms with Crippen molar-refractivity contribution in [2.75, 3.05) is 13.7 Å². The van der Waals surface area contributed by atoms with Gasteiger partial charge in [0.1, 0.15) is 6.61 Å². The minimum absolute atomic E-state index is 0.0268. The van der Waals surface area contributed by atoms with E-state index in [1.165, 1.54) is 13.2 Å². The minimum atomic E-state index is -0.701. The second-order valence-electron chi connectivity index (χ2n) is 5.14. The Kier molecular flexibility index (Phi) is 3.40. The average molecular weight is 318 g/mol. The maximum Gasteiger partial charge on any atom is 0.338 e. The predicted molar refractivity (Wildman–Crippen MR) is 78.2 cm³/mol. The molecule has 0 bridgehead atoms. The first-order chi connectivity index (χ1) is 10.9. The lowest BCUT2D eigenvalue weighted by Crippen LogP contribution is -2.23. The molecule has 0 aromatic heterocycles. The molecule has 0 saturated carbocycles. The second-order valence-corrected chi connectivity index (χ2v) is 5.14. The standard InChI is InChI=1S/C16H14O7/c1-22-12-4-7(2-3-10(12)17)9-6-23-16(21)8-5-11(18)14(19)15(20)13(8)9/h2-5,9,17-20H,6H2,1H3. The first-order valence-electron chi connectivity index (χ1n) is 6.75. The number of benzene rings is 2. The van der Waals surface area contributed by atoms with Crippen LogP contribution in [0.15, 0.2) is 24.3 Å². The van der Waals surface area contributed by atoms with Crippen LogP contribution in [0.25, 0.3) is 0 Å². The molecular weight excluding hydrogens is 304 g/mol. The molecular formula is C16H14O7. The second kappa shape index (κ2) is 5.28. The average Bonchev–Trinajstić information content (AvgIpc) is 2.54. The molecule has 1 unspecified atom stereocenters. The zero-order valence-electron chi connectivity index (χ0n) is 12.1. The summed E-state index contributed by atoms with van der Waals surface area (Å²) in [5, 5.41) is 39.1. The van der Waals surface area contributed by atoms with Gasteiger partial charge in [-0.25, -0.2) is 4.79 Å². The van der Waals surface area contributed by atoms with Gasteiger partial charge in [-0.05, 0) is 23.8 Å². The molecule has 0 radical (unpaired) electrons. The molecule has 0 spiro atoms. The number of aromatic hydroxyl groups is 4. The number of esters is 1. The molecule has 1 heterocycles. The Hall–Kier alpha value is -3.09. The number of carbonyl (C=O) groups excluding carboxylic acids is 1. The molecule has 7 heteroatoms. The lowest BCUT2D eigenvalue weighted by Gasteiger charge is -2.27. The van der Waals surface area contributed by atoms with Crippen LogP contribution in [-0.4, -0.2) is 40.1 Å². The van der Waals surface area contributed by atoms with Gasteiger partial charge in [-0.2, -0.15) is 0 Å². The number of ether oxygens (including phenoxy) is 2. The number of fused-ring (bicyclic) bond motifs is 1. The van der Waals surface area contributed by atoms with Gasteiger partial charge in [-0.15, -0.1) is 0 Å². The quantitative estimate of drug-likeness (QED) is 0.493. The smallest absolute Gasteiger partial charge is 0.338 e. The monoisotopic (exact) mass is 318 g/mol. The van der Waals surface area contributed by atoms with E-state index in [1.54, 1.807) is 12.1 Å². The van der Waals surface area contributed by atoms with Crippen LogP contribution in [-0.2, 0) is 4.74 Å². The molecule has 0 saturated heterocycles. The number of methoxy groups -OCH3 is 1. The molecule has 0 amide bonds. The first kappa shape index (κ1) is 14.8. The van der Waals surface area contributed by atoms with Gasteiger partial charge in [0, 0.05) is 11.5 Å². The number of phenols is 4. The fraction of sp³-hybridized carbons (Fsp3) is 0.188. The normalized spacial score (nSPS) is 16.6. The maximum absolute atomic E-state index is 11.9. The Labute approximate surface area is 131 Å². The van der Waals surface area contributed by atoms with Crippen LogP contribution in [0.4, 0.5) is 0 Å². The highest BCUT2D eigenvalue weighted by Crippen LogP contribution is 2.47. The molecule has 4 N–H and O–H groups in total. The molecule has 3 rings (SSSR count). The van der Waals surface area contributed by atoms with Crippen molar-refractivity contribution in [3.05, 3.63) is 41.0 Å². The summed E-state index contributed by atoms with van der Waals surface area (Å²) in [5.41, 5.74) is 0.735. The largest absolute Gasteiger partial charge is 0.504 e. The Morgan fingerprint density at radius 3 is 2.52 bits per heavy atom. The summed E-state index contributed by atoms with van der Waals surface area (Å²) in [4.78, 5) is 11.9. The van der Waals surface area contributed by atoms with Crippen LogP contribution in [0.2, 0.25) is 0 Å². The van der Waals surface area contributed by atoms with Gasteiger partial charge in [0.15, 0.2) is 23.0 Å². The van der Waals surface area contributed by atoms with Gasteiger partial charge in [0.25, 0.3) is 0 Å². The topological polar surface area (TPSA) is 116 Å². The third-order valence-electron chi connectivity index (χ3n) is 3.85. The first-order valence-corrected chi connectivity index (χ1v) is 6.75. The highest BCUT2D eigenvalue weighted by atomic mass is 16.5. The molecule has 7 nitrogen and oxygen atoms in total. The molecule has 0 aliphatic carbocycles. The number of carbonyl (C=O) groups is 1. The number of hydrogen-bond donors (Lipinski definition) is 4. The van der Waals surface area contributed by atoms with Crippen molar-refractivity contribution in [2.45, 2.75) is 5.92 Å². The van der Waals surface area contributed by atoms with E-state index in [1.807, 2.05) is 0 Å². The summed E-state index contributed by atoms with van der Waals surface area (Å²) < 4.78 is 10.1. The van der Waals surface area contributed by atoms with Crippen LogP contribution in [0, 0.1) is 0 Å². The Balaban J connectivity index is 2.20. The Morgan fingerprint density at radius 1 is 1.09 bits per heavy atom. The van der Waals surface area contributed by atoms with Crippen LogP contribution >= 0.6 is 0 Å². The summed E-state index contributed by atoms with van der Waals surface area (Å²) in [7, 11) is 1.40. The third-order valence-corrected chi connectivity index (χ3v) is 3.85. The van der Waals surface area contributed by atoms with Crippen LogP contribution in [0.1, 0.15) is 27.4 Å². The third kappa shape index (κ3) is 2.26. The van der Waals surface area contributed by atoms with Crippen molar-refractivity contribution in [3.63, 3.8) is 0 Å². The summed E-state index contributed by atoms with van der Waals surface area (Å²) in [6, 6.07) is 5.61. The lowest BCUT2D eigenvalue weighted by molar-refractivity contribution is 0.0454. The molecule has 2 aromatic carbocycles. The van der Waals surface area contributed by atoms with E-state index in [0.29, 0.717) is 5.56 Å². The van der Waals surface area contributed by atoms with Crippen LogP contribution in [0.3, 0.4) is 0 Å². The van der Waals surface area contributed by atoms with Crippen molar-refractivity contribution in [1.29, 1.82) is 0 Å². The number of hydrogen-bond acceptors (Lipinski definition) is 7. The van der Waals surface area contributed by atoms with Crippen molar-refractivity contribution >= 4 is 5.97 Å². The van der Waals surface area contributed by atoms with Gasteiger partial charge >= 0.3 is 5.97 Å². The van der Waals surface area contributed by atoms with Crippen LogP contribution in [0.5, 0.6) is 28.7 Å². The van der Waals surface area contributed by atoms with Gasteiger partial charge in [-0.3, -0.25) is 0 Å². The summed E-state index contributed by atoms with van der Waals surface area (Å²) in [5.74, 6) is -2.99. The Bertz CT molecular complexity index is 798. The number of rotatable bonds is 2. The molecule has 2 aromatic rings. The van der Waals surface area contributed by atoms with E-state index in [0.717, 1.165) is 6.07 Å². The fourth-order valence-corrected chi connectivity index (χ4v) is 2.67. The van der Waals surface area contributed by atoms with Crippen molar-refractivity contribution < 1.29 is 34.7 Å². The van der Waals surface area contributed by atoms with E-state index < -0.39 is 29.1 Å². The SMILES string of the molecule is COc1cc(C2COC(=O)c3cc(O)c(O)c(O)c32)ccc1O. The zero-order chi connectivity index (χ0) is 16.7. The predicted octanol–water partition coefficient (Wildman–Crippen LogP) is 1.82. The van der Waals surface area contributed by atoms with Gasteiger partial charge < -0.3 is 29.9 Å². The molecule has 0 fully saturated rings. The molecule has 120 valence electrons. The molecule has 23 heavy (non-hydrogen) atoms. The summed E-state index contributed by atoms with van der Waals surface area (Å²) in [6.45, 7) is -0.0580. The van der Waals surface area contributed by atoms with Gasteiger partial charge in [0.2, 0.25) is 5.75 Å². The summed E-state index contributed by atoms with van der Waals surface area (Å²) in [6.07, 6.45) is 0. The van der Waals surface area contributed by atoms with Crippen molar-refractivity contribution in [3.8, 4) is 28.7 Å². The van der Waals surface area contributed by atoms with Gasteiger partial charge in [-0.1, -0.05) is 6.07 Å². The lowest BCUT2D eigenvalue weighted by atomic mass is 9.85. The number of phenolic OH excluding ortho intramolecular Hbond substituents is 4. The van der Waals surface area contributed by atoms with Crippen LogP contribution < -0.4 is 4.74 Å². The van der Waals surface area contributed by atoms with E-state index in [9.17, 15) is 25.2 Å². The highest BCUT2D eigenvalue weighted by molar-refractivity contribution is 5.95. The van der Waals surface area contributed by atoms with E-state index >= 15 is 0 Å². The van der Waals surface area contributed by atoms with Crippen molar-refractivity contribution in [1.82, 2.24) is 0 Å². The molecule has 1 aliphatic rings. The van der Waals surface area contributed by atoms with E-state index in [4.69, 9.17) is 9.47 Å². The number of cyclic esters (lactones) is 1. The highest BCUT2D eigenvalue weighted by Gasteiger charge is 2.34. The summed E-state index contributed by atoms with van der Waals surface area (Å²) >= 11 is 0. The fourth-order valence-electron chi connectivity index (χ4n) is 2.67. The van der Waals surface area contributed by atoms with E-state index in [-0.39, 0.29) is 29.2 Å². The maximum atomic E-state index is 11.9. The zero-order valence-corrected chi connectivity index (χ0v) is 12.1. The van der Waals surface area contributed by atoms with Gasteiger partial charge in [0.05, 0.1) is 12.7 Å². The molecule has 1 atom stereocenters. The molecule has 1 aliphatic heterocycles. The Morgan fingerprint density at radius 2 is 1.83 bits per heavy atom. The minimum Gasteiger partial charge on any atom is -0.504 e. The van der Waals surface area contributed by atoms with E-state index in [2.05, 4.69) is 0 Å².